The number of hydrogen-bond donors (Lipinski definition) is 1. The van der Waals surface area contributed by atoms with Gasteiger partial charge in [0, 0.05) is 22.3 Å². The van der Waals surface area contributed by atoms with Crippen LogP contribution in [0.25, 0.3) is 22.3 Å². The number of fused-ring (bicyclic) bond motifs is 3. The van der Waals surface area contributed by atoms with Gasteiger partial charge in [0.25, 0.3) is 0 Å². The van der Waals surface area contributed by atoms with Crippen LogP contribution >= 0.6 is 0 Å². The molecule has 1 aliphatic rings. The number of nitriles is 3. The molecule has 27 heavy (non-hydrogen) atoms. The highest BCUT2D eigenvalue weighted by Crippen LogP contribution is 2.47. The number of nitrogens with zero attached hydrogens (tertiary/aromatic N) is 3. The standard InChI is InChI=1S/C22H12N4O/c23-9-13-5-7-14(8-6-13)20-16(10-24)22(26)17(11-25)21-15-3-1-2-4-19(15)27-12-18(20)21/h1-8H,12,26H2. The van der Waals surface area contributed by atoms with Gasteiger partial charge in [0.15, 0.2) is 0 Å². The first-order valence-corrected chi connectivity index (χ1v) is 8.20. The Bertz CT molecular complexity index is 1210. The van der Waals surface area contributed by atoms with E-state index in [-0.39, 0.29) is 23.4 Å². The number of benzene rings is 3. The predicted octanol–water partition coefficient (Wildman–Crippen LogP) is 4.11. The molecular formula is C22H12N4O. The van der Waals surface area contributed by atoms with Gasteiger partial charge < -0.3 is 10.5 Å². The van der Waals surface area contributed by atoms with E-state index in [9.17, 15) is 10.5 Å². The molecule has 3 aromatic carbocycles. The van der Waals surface area contributed by atoms with Crippen molar-refractivity contribution in [3.63, 3.8) is 0 Å². The van der Waals surface area contributed by atoms with Crippen LogP contribution in [-0.4, -0.2) is 0 Å². The fourth-order valence-electron chi connectivity index (χ4n) is 3.47. The van der Waals surface area contributed by atoms with Gasteiger partial charge in [0.05, 0.1) is 28.4 Å². The monoisotopic (exact) mass is 348 g/mol. The smallest absolute Gasteiger partial charge is 0.127 e. The van der Waals surface area contributed by atoms with Gasteiger partial charge in [0.1, 0.15) is 24.5 Å². The van der Waals surface area contributed by atoms with Gasteiger partial charge in [-0.05, 0) is 23.8 Å². The first-order chi connectivity index (χ1) is 13.2. The van der Waals surface area contributed by atoms with Crippen LogP contribution in [0, 0.1) is 34.0 Å². The predicted molar refractivity (Wildman–Crippen MR) is 100 cm³/mol. The van der Waals surface area contributed by atoms with E-state index in [1.165, 1.54) is 0 Å². The molecule has 1 heterocycles. The topological polar surface area (TPSA) is 107 Å². The van der Waals surface area contributed by atoms with Gasteiger partial charge in [-0.2, -0.15) is 15.8 Å². The second-order valence-corrected chi connectivity index (χ2v) is 6.09. The third kappa shape index (κ3) is 2.37. The van der Waals surface area contributed by atoms with Crippen molar-refractivity contribution in [2.45, 2.75) is 6.61 Å². The average molecular weight is 348 g/mol. The van der Waals surface area contributed by atoms with E-state index in [1.807, 2.05) is 24.3 Å². The van der Waals surface area contributed by atoms with Gasteiger partial charge in [-0.3, -0.25) is 0 Å². The number of hydrogen-bond acceptors (Lipinski definition) is 5. The molecule has 5 nitrogen and oxygen atoms in total. The highest BCUT2D eigenvalue weighted by molar-refractivity contribution is 5.94. The van der Waals surface area contributed by atoms with E-state index in [1.54, 1.807) is 24.3 Å². The van der Waals surface area contributed by atoms with E-state index in [2.05, 4.69) is 18.2 Å². The molecule has 0 fully saturated rings. The summed E-state index contributed by atoms with van der Waals surface area (Å²) in [4.78, 5) is 0. The highest BCUT2D eigenvalue weighted by Gasteiger charge is 2.29. The lowest BCUT2D eigenvalue weighted by Crippen LogP contribution is -2.12. The van der Waals surface area contributed by atoms with Crippen LogP contribution in [0.15, 0.2) is 48.5 Å². The molecule has 0 bridgehead atoms. The summed E-state index contributed by atoms with van der Waals surface area (Å²) in [6.45, 7) is 0.228. The normalized spacial score (nSPS) is 11.1. The number of anilines is 1. The molecule has 0 unspecified atom stereocenters. The van der Waals surface area contributed by atoms with E-state index in [0.717, 1.165) is 16.7 Å². The molecule has 126 valence electrons. The largest absolute Gasteiger partial charge is 0.488 e. The summed E-state index contributed by atoms with van der Waals surface area (Å²) in [5.41, 5.74) is 11.1. The molecule has 5 heteroatoms. The second-order valence-electron chi connectivity index (χ2n) is 6.09. The lowest BCUT2D eigenvalue weighted by atomic mass is 9.83. The molecule has 0 atom stereocenters. The SMILES string of the molecule is N#Cc1ccc(-c2c(C#N)c(N)c(C#N)c3c2COc2ccccc2-3)cc1. The number of ether oxygens (including phenoxy) is 1. The summed E-state index contributed by atoms with van der Waals surface area (Å²) in [6.07, 6.45) is 0. The Balaban J connectivity index is 2.12. The molecule has 0 aromatic heterocycles. The maximum atomic E-state index is 9.75. The van der Waals surface area contributed by atoms with Crippen LogP contribution in [0.5, 0.6) is 5.75 Å². The third-order valence-corrected chi connectivity index (χ3v) is 4.70. The summed E-state index contributed by atoms with van der Waals surface area (Å²) >= 11 is 0. The van der Waals surface area contributed by atoms with Crippen molar-refractivity contribution >= 4 is 5.69 Å². The lowest BCUT2D eigenvalue weighted by molar-refractivity contribution is 0.303. The molecule has 0 spiro atoms. The van der Waals surface area contributed by atoms with Crippen molar-refractivity contribution in [1.82, 2.24) is 0 Å². The van der Waals surface area contributed by atoms with Crippen molar-refractivity contribution < 1.29 is 4.74 Å². The van der Waals surface area contributed by atoms with Crippen LogP contribution in [-0.2, 0) is 6.61 Å². The minimum atomic E-state index is 0.162. The van der Waals surface area contributed by atoms with Gasteiger partial charge in [0.2, 0.25) is 0 Å². The van der Waals surface area contributed by atoms with Gasteiger partial charge >= 0.3 is 0 Å². The molecule has 0 radical (unpaired) electrons. The number of nitrogen functional groups attached to an aromatic ring is 1. The Hall–Kier alpha value is -4.27. The van der Waals surface area contributed by atoms with Gasteiger partial charge in [-0.1, -0.05) is 30.3 Å². The molecule has 4 rings (SSSR count). The highest BCUT2D eigenvalue weighted by atomic mass is 16.5. The quantitative estimate of drug-likeness (QED) is 0.666. The maximum Gasteiger partial charge on any atom is 0.127 e. The fourth-order valence-corrected chi connectivity index (χ4v) is 3.47. The zero-order valence-corrected chi connectivity index (χ0v) is 14.2. The summed E-state index contributed by atoms with van der Waals surface area (Å²) in [5, 5.41) is 28.5. The Labute approximate surface area is 156 Å². The Morgan fingerprint density at radius 3 is 2.15 bits per heavy atom. The van der Waals surface area contributed by atoms with Crippen molar-refractivity contribution in [2.75, 3.05) is 5.73 Å². The summed E-state index contributed by atoms with van der Waals surface area (Å²) in [5.74, 6) is 0.677. The Morgan fingerprint density at radius 1 is 0.815 bits per heavy atom. The molecule has 2 N–H and O–H groups in total. The van der Waals surface area contributed by atoms with Crippen molar-refractivity contribution in [3.05, 3.63) is 70.8 Å². The van der Waals surface area contributed by atoms with Crippen molar-refractivity contribution in [3.8, 4) is 46.2 Å². The van der Waals surface area contributed by atoms with Crippen LogP contribution < -0.4 is 10.5 Å². The average Bonchev–Trinajstić information content (AvgIpc) is 2.73. The first kappa shape index (κ1) is 16.2. The molecular weight excluding hydrogens is 336 g/mol. The number of para-hydroxylation sites is 1. The van der Waals surface area contributed by atoms with Crippen LogP contribution in [0.2, 0.25) is 0 Å². The molecule has 0 aliphatic carbocycles. The zero-order valence-electron chi connectivity index (χ0n) is 14.2. The van der Waals surface area contributed by atoms with Crippen molar-refractivity contribution in [2.24, 2.45) is 0 Å². The van der Waals surface area contributed by atoms with Crippen LogP contribution in [0.1, 0.15) is 22.3 Å². The molecule has 0 amide bonds. The summed E-state index contributed by atoms with van der Waals surface area (Å²) < 4.78 is 5.88. The minimum absolute atomic E-state index is 0.162. The van der Waals surface area contributed by atoms with E-state index >= 15 is 0 Å². The third-order valence-electron chi connectivity index (χ3n) is 4.70. The Morgan fingerprint density at radius 2 is 1.48 bits per heavy atom. The van der Waals surface area contributed by atoms with Crippen LogP contribution in [0.3, 0.4) is 0 Å². The molecule has 1 aliphatic heterocycles. The molecule has 0 saturated heterocycles. The number of rotatable bonds is 1. The molecule has 0 saturated carbocycles. The summed E-state index contributed by atoms with van der Waals surface area (Å²) in [6, 6.07) is 20.8. The van der Waals surface area contributed by atoms with E-state index in [4.69, 9.17) is 15.7 Å². The second kappa shape index (κ2) is 6.23. The molecule has 3 aromatic rings. The fraction of sp³-hybridized carbons (Fsp3) is 0.0455. The van der Waals surface area contributed by atoms with E-state index < -0.39 is 0 Å². The van der Waals surface area contributed by atoms with E-state index in [0.29, 0.717) is 22.4 Å². The zero-order chi connectivity index (χ0) is 19.0. The Kier molecular flexibility index (Phi) is 3.74. The minimum Gasteiger partial charge on any atom is -0.488 e. The lowest BCUT2D eigenvalue weighted by Gasteiger charge is -2.26. The van der Waals surface area contributed by atoms with Crippen molar-refractivity contribution in [1.29, 1.82) is 15.8 Å². The van der Waals surface area contributed by atoms with Gasteiger partial charge in [-0.25, -0.2) is 0 Å². The van der Waals surface area contributed by atoms with Gasteiger partial charge in [-0.15, -0.1) is 0 Å². The summed E-state index contributed by atoms with van der Waals surface area (Å²) in [7, 11) is 0. The van der Waals surface area contributed by atoms with Crippen LogP contribution in [0.4, 0.5) is 5.69 Å². The first-order valence-electron chi connectivity index (χ1n) is 8.20. The number of nitrogens with two attached hydrogens (primary N) is 1. The maximum absolute atomic E-state index is 9.75.